The molecule has 1 aromatic heterocycles. The van der Waals surface area contributed by atoms with Gasteiger partial charge in [0, 0.05) is 24.0 Å². The Hall–Kier alpha value is -2.35. The number of fused-ring (bicyclic) bond motifs is 1. The van der Waals surface area contributed by atoms with Gasteiger partial charge in [0.2, 0.25) is 0 Å². The quantitative estimate of drug-likeness (QED) is 0.551. The number of benzene rings is 2. The Kier molecular flexibility index (Phi) is 5.61. The fraction of sp³-hybridized carbons (Fsp3) is 0.227. The molecule has 1 aliphatic rings. The van der Waals surface area contributed by atoms with Crippen LogP contribution in [0.25, 0.3) is 0 Å². The average Bonchev–Trinajstić information content (AvgIpc) is 3.23. The Bertz CT molecular complexity index is 1190. The lowest BCUT2D eigenvalue weighted by atomic mass is 10.0. The van der Waals surface area contributed by atoms with E-state index in [1.54, 1.807) is 46.6 Å². The molecule has 0 N–H and O–H groups in total. The Morgan fingerprint density at radius 2 is 1.90 bits per heavy atom. The third kappa shape index (κ3) is 3.62. The van der Waals surface area contributed by atoms with Gasteiger partial charge in [0.25, 0.3) is 15.9 Å². The van der Waals surface area contributed by atoms with Gasteiger partial charge < -0.3 is 4.90 Å². The summed E-state index contributed by atoms with van der Waals surface area (Å²) in [7, 11) is -2.46. The molecule has 1 atom stereocenters. The molecule has 0 saturated heterocycles. The topological polar surface area (TPSA) is 57.7 Å². The number of carbonyl (C=O) groups excluding carboxylic acids is 1. The molecule has 156 valence electrons. The lowest BCUT2D eigenvalue weighted by molar-refractivity contribution is 0.0679. The zero-order valence-electron chi connectivity index (χ0n) is 16.6. The van der Waals surface area contributed by atoms with Crippen LogP contribution in [0.1, 0.15) is 33.8 Å². The van der Waals surface area contributed by atoms with Gasteiger partial charge >= 0.3 is 0 Å². The Morgan fingerprint density at radius 1 is 1.17 bits per heavy atom. The van der Waals surface area contributed by atoms with Crippen molar-refractivity contribution in [3.8, 4) is 0 Å². The summed E-state index contributed by atoms with van der Waals surface area (Å²) in [5, 5.41) is 2.13. The first-order valence-electron chi connectivity index (χ1n) is 9.51. The number of carbonyl (C=O) groups is 1. The zero-order chi connectivity index (χ0) is 21.5. The van der Waals surface area contributed by atoms with Gasteiger partial charge in [0.1, 0.15) is 4.90 Å². The number of halogens is 1. The molecule has 2 aromatic carbocycles. The summed E-state index contributed by atoms with van der Waals surface area (Å²) in [5.74, 6) is -0.199. The van der Waals surface area contributed by atoms with Crippen LogP contribution in [0.4, 0.5) is 5.69 Å². The van der Waals surface area contributed by atoms with Gasteiger partial charge in [-0.05, 0) is 60.7 Å². The first-order valence-corrected chi connectivity index (χ1v) is 12.2. The van der Waals surface area contributed by atoms with Gasteiger partial charge in [-0.15, -0.1) is 11.3 Å². The van der Waals surface area contributed by atoms with E-state index in [0.29, 0.717) is 17.8 Å². The lowest BCUT2D eigenvalue weighted by Gasteiger charge is -2.34. The fourth-order valence-corrected chi connectivity index (χ4v) is 6.37. The largest absolute Gasteiger partial charge is 0.331 e. The van der Waals surface area contributed by atoms with E-state index in [4.69, 9.17) is 11.6 Å². The van der Waals surface area contributed by atoms with Crippen LogP contribution in [-0.4, -0.2) is 32.8 Å². The molecular formula is C22H21ClN2O3S2. The Balaban J connectivity index is 1.68. The van der Waals surface area contributed by atoms with Gasteiger partial charge in [-0.2, -0.15) is 0 Å². The van der Waals surface area contributed by atoms with Crippen molar-refractivity contribution < 1.29 is 13.2 Å². The summed E-state index contributed by atoms with van der Waals surface area (Å²) in [6, 6.07) is 15.2. The molecule has 8 heteroatoms. The Morgan fingerprint density at radius 3 is 2.63 bits per heavy atom. The second-order valence-electron chi connectivity index (χ2n) is 7.18. The van der Waals surface area contributed by atoms with Crippen LogP contribution < -0.4 is 4.31 Å². The predicted molar refractivity (Wildman–Crippen MR) is 121 cm³/mol. The predicted octanol–water partition coefficient (Wildman–Crippen LogP) is 4.99. The van der Waals surface area contributed by atoms with Crippen molar-refractivity contribution in [3.63, 3.8) is 0 Å². The summed E-state index contributed by atoms with van der Waals surface area (Å²) in [5.41, 5.74) is 1.98. The highest BCUT2D eigenvalue weighted by Gasteiger charge is 2.31. The van der Waals surface area contributed by atoms with E-state index in [2.05, 4.69) is 6.07 Å². The molecule has 2 heterocycles. The van der Waals surface area contributed by atoms with Gasteiger partial charge in [-0.25, -0.2) is 8.42 Å². The van der Waals surface area contributed by atoms with Crippen molar-refractivity contribution in [1.82, 2.24) is 4.90 Å². The maximum Gasteiger partial charge on any atom is 0.265 e. The molecule has 0 spiro atoms. The van der Waals surface area contributed by atoms with Crippen LogP contribution in [-0.2, 0) is 16.4 Å². The van der Waals surface area contributed by atoms with E-state index in [9.17, 15) is 13.2 Å². The number of nitrogens with zero attached hydrogens (tertiary/aromatic N) is 2. The lowest BCUT2D eigenvalue weighted by Crippen LogP contribution is -2.38. The van der Waals surface area contributed by atoms with Gasteiger partial charge in [-0.1, -0.05) is 29.8 Å². The maximum absolute atomic E-state index is 13.2. The third-order valence-corrected chi connectivity index (χ3v) is 8.74. The number of hydrogen-bond acceptors (Lipinski definition) is 4. The Labute approximate surface area is 185 Å². The van der Waals surface area contributed by atoms with Gasteiger partial charge in [-0.3, -0.25) is 9.10 Å². The second kappa shape index (κ2) is 8.06. The van der Waals surface area contributed by atoms with Crippen molar-refractivity contribution in [2.24, 2.45) is 0 Å². The minimum atomic E-state index is -3.93. The molecule has 3 aromatic rings. The molecule has 0 unspecified atom stereocenters. The second-order valence-corrected chi connectivity index (χ2v) is 10.5. The molecule has 0 bridgehead atoms. The molecule has 1 amide bonds. The van der Waals surface area contributed by atoms with Gasteiger partial charge in [0.05, 0.1) is 16.8 Å². The molecule has 1 aliphatic heterocycles. The van der Waals surface area contributed by atoms with Crippen molar-refractivity contribution >= 4 is 44.6 Å². The molecule has 0 saturated carbocycles. The highest BCUT2D eigenvalue weighted by molar-refractivity contribution is 7.93. The summed E-state index contributed by atoms with van der Waals surface area (Å²) in [4.78, 5) is 16.3. The zero-order valence-corrected chi connectivity index (χ0v) is 19.0. The van der Waals surface area contributed by atoms with Crippen molar-refractivity contribution in [1.29, 1.82) is 0 Å². The van der Waals surface area contributed by atoms with E-state index < -0.39 is 10.0 Å². The van der Waals surface area contributed by atoms with Crippen LogP contribution >= 0.6 is 22.9 Å². The van der Waals surface area contributed by atoms with Crippen LogP contribution in [0.15, 0.2) is 64.9 Å². The monoisotopic (exact) mass is 460 g/mol. The van der Waals surface area contributed by atoms with E-state index in [1.165, 1.54) is 28.4 Å². The molecular weight excluding hydrogens is 440 g/mol. The van der Waals surface area contributed by atoms with Crippen LogP contribution in [0.2, 0.25) is 5.02 Å². The number of sulfonamides is 1. The number of anilines is 1. The van der Waals surface area contributed by atoms with Gasteiger partial charge in [0.15, 0.2) is 0 Å². The molecule has 4 rings (SSSR count). The molecule has 0 aliphatic carbocycles. The SMILES string of the molecule is C[C@@H]1c2ccsc2CCN1C(=O)c1ccc(Cl)c(S(=O)(=O)N(C)c2ccccc2)c1. The van der Waals surface area contributed by atoms with E-state index in [-0.39, 0.29) is 21.9 Å². The number of thiophene rings is 1. The average molecular weight is 461 g/mol. The normalized spacial score (nSPS) is 16.2. The first kappa shape index (κ1) is 20.9. The summed E-state index contributed by atoms with van der Waals surface area (Å²) >= 11 is 7.96. The van der Waals surface area contributed by atoms with E-state index >= 15 is 0 Å². The minimum absolute atomic E-state index is 0.0600. The summed E-state index contributed by atoms with van der Waals surface area (Å²) in [6.45, 7) is 2.60. The maximum atomic E-state index is 13.2. The molecule has 0 radical (unpaired) electrons. The van der Waals surface area contributed by atoms with Crippen molar-refractivity contribution in [3.05, 3.63) is 81.0 Å². The third-order valence-electron chi connectivity index (χ3n) is 5.47. The summed E-state index contributed by atoms with van der Waals surface area (Å²) in [6.07, 6.45) is 0.804. The smallest absolute Gasteiger partial charge is 0.265 e. The summed E-state index contributed by atoms with van der Waals surface area (Å²) < 4.78 is 27.6. The number of para-hydroxylation sites is 1. The van der Waals surface area contributed by atoms with Crippen molar-refractivity contribution in [2.45, 2.75) is 24.3 Å². The molecule has 30 heavy (non-hydrogen) atoms. The van der Waals surface area contributed by atoms with Crippen LogP contribution in [0.3, 0.4) is 0 Å². The first-order chi connectivity index (χ1) is 14.3. The van der Waals surface area contributed by atoms with E-state index in [1.807, 2.05) is 18.4 Å². The van der Waals surface area contributed by atoms with Crippen molar-refractivity contribution in [2.75, 3.05) is 17.9 Å². The fourth-order valence-electron chi connectivity index (χ4n) is 3.71. The van der Waals surface area contributed by atoms with Crippen LogP contribution in [0.5, 0.6) is 0 Å². The highest BCUT2D eigenvalue weighted by atomic mass is 35.5. The van der Waals surface area contributed by atoms with Crippen LogP contribution in [0, 0.1) is 0 Å². The number of rotatable bonds is 4. The highest BCUT2D eigenvalue weighted by Crippen LogP contribution is 2.35. The number of hydrogen-bond donors (Lipinski definition) is 0. The standard InChI is InChI=1S/C22H21ClN2O3S2/c1-15-18-11-13-29-20(18)10-12-25(15)22(26)16-8-9-19(23)21(14-16)30(27,28)24(2)17-6-4-3-5-7-17/h3-9,11,13-15H,10,12H2,1-2H3/t15-/m1/s1. The minimum Gasteiger partial charge on any atom is -0.331 e. The number of amides is 1. The van der Waals surface area contributed by atoms with E-state index in [0.717, 1.165) is 12.0 Å². The molecule has 0 fully saturated rings. The molecule has 5 nitrogen and oxygen atoms in total.